The SMILES string of the molecule is COC(C)(C)COC1CCC2(C)C(=CCC3C2CCC2(C)C(CCCC(C)(C)O)CCC32)C1O. The third-order valence-corrected chi connectivity index (χ3v) is 10.9. The number of methoxy groups -OCH3 is 1. The predicted molar refractivity (Wildman–Crippen MR) is 138 cm³/mol. The number of hydrogen-bond acceptors (Lipinski definition) is 4. The lowest BCUT2D eigenvalue weighted by molar-refractivity contribution is -0.126. The fraction of sp³-hybridized carbons (Fsp3) is 0.933. The first-order chi connectivity index (χ1) is 15.8. The van der Waals surface area contributed by atoms with E-state index < -0.39 is 11.7 Å². The highest BCUT2D eigenvalue weighted by Gasteiger charge is 2.59. The molecule has 196 valence electrons. The van der Waals surface area contributed by atoms with Crippen molar-refractivity contribution >= 4 is 0 Å². The zero-order valence-corrected chi connectivity index (χ0v) is 23.0. The van der Waals surface area contributed by atoms with E-state index in [1.54, 1.807) is 7.11 Å². The van der Waals surface area contributed by atoms with Gasteiger partial charge in [0.15, 0.2) is 0 Å². The molecule has 3 fully saturated rings. The van der Waals surface area contributed by atoms with Crippen LogP contribution in [-0.4, -0.2) is 47.3 Å². The lowest BCUT2D eigenvalue weighted by Gasteiger charge is -2.59. The Morgan fingerprint density at radius 3 is 2.44 bits per heavy atom. The van der Waals surface area contributed by atoms with E-state index in [4.69, 9.17) is 9.47 Å². The van der Waals surface area contributed by atoms with Crippen LogP contribution in [0.1, 0.15) is 106 Å². The molecule has 4 heteroatoms. The Balaban J connectivity index is 1.45. The molecule has 0 amide bonds. The first-order valence-electron chi connectivity index (χ1n) is 14.1. The number of allylic oxidation sites excluding steroid dienone is 1. The summed E-state index contributed by atoms with van der Waals surface area (Å²) in [5.74, 6) is 3.05. The van der Waals surface area contributed by atoms with Gasteiger partial charge in [-0.25, -0.2) is 0 Å². The molecule has 0 aromatic carbocycles. The topological polar surface area (TPSA) is 58.9 Å². The highest BCUT2D eigenvalue weighted by atomic mass is 16.5. The summed E-state index contributed by atoms with van der Waals surface area (Å²) in [5, 5.41) is 21.5. The highest BCUT2D eigenvalue weighted by molar-refractivity contribution is 5.29. The van der Waals surface area contributed by atoms with Crippen LogP contribution in [-0.2, 0) is 9.47 Å². The summed E-state index contributed by atoms with van der Waals surface area (Å²) in [6, 6.07) is 0. The van der Waals surface area contributed by atoms with Crippen molar-refractivity contribution in [1.82, 2.24) is 0 Å². The number of ether oxygens (including phenoxy) is 2. The van der Waals surface area contributed by atoms with Crippen LogP contribution < -0.4 is 0 Å². The average Bonchev–Trinajstić information content (AvgIpc) is 3.09. The minimum Gasteiger partial charge on any atom is -0.390 e. The molecule has 0 aromatic rings. The molecule has 4 aliphatic rings. The van der Waals surface area contributed by atoms with E-state index in [1.165, 1.54) is 37.7 Å². The molecule has 0 aromatic heterocycles. The average molecular weight is 477 g/mol. The number of aliphatic hydroxyl groups excluding tert-OH is 1. The molecule has 2 N–H and O–H groups in total. The van der Waals surface area contributed by atoms with Gasteiger partial charge in [-0.2, -0.15) is 0 Å². The van der Waals surface area contributed by atoms with Crippen molar-refractivity contribution in [3.05, 3.63) is 11.6 Å². The summed E-state index contributed by atoms with van der Waals surface area (Å²) in [6.45, 7) is 13.5. The Kier molecular flexibility index (Phi) is 7.42. The van der Waals surface area contributed by atoms with Crippen LogP contribution in [0, 0.1) is 34.5 Å². The molecule has 4 rings (SSSR count). The van der Waals surface area contributed by atoms with E-state index in [2.05, 4.69) is 19.9 Å². The third-order valence-electron chi connectivity index (χ3n) is 10.9. The number of hydrogen-bond donors (Lipinski definition) is 2. The van der Waals surface area contributed by atoms with E-state index in [0.717, 1.165) is 49.9 Å². The van der Waals surface area contributed by atoms with Crippen molar-refractivity contribution in [2.45, 2.75) is 129 Å². The van der Waals surface area contributed by atoms with Crippen LogP contribution in [0.25, 0.3) is 0 Å². The van der Waals surface area contributed by atoms with Gasteiger partial charge in [-0.15, -0.1) is 0 Å². The van der Waals surface area contributed by atoms with E-state index in [9.17, 15) is 10.2 Å². The van der Waals surface area contributed by atoms with Gasteiger partial charge in [-0.3, -0.25) is 0 Å². The Labute approximate surface area is 208 Å². The van der Waals surface area contributed by atoms with Gasteiger partial charge in [0.1, 0.15) is 6.10 Å². The lowest BCUT2D eigenvalue weighted by Crippen LogP contribution is -2.54. The van der Waals surface area contributed by atoms with Crippen molar-refractivity contribution in [1.29, 1.82) is 0 Å². The molecule has 0 spiro atoms. The monoisotopic (exact) mass is 476 g/mol. The van der Waals surface area contributed by atoms with Gasteiger partial charge >= 0.3 is 0 Å². The lowest BCUT2D eigenvalue weighted by atomic mass is 9.47. The predicted octanol–water partition coefficient (Wildman–Crippen LogP) is 6.29. The van der Waals surface area contributed by atoms with E-state index in [-0.39, 0.29) is 17.1 Å². The number of rotatable bonds is 8. The van der Waals surface area contributed by atoms with Gasteiger partial charge in [0.25, 0.3) is 0 Å². The molecule has 34 heavy (non-hydrogen) atoms. The molecule has 3 saturated carbocycles. The van der Waals surface area contributed by atoms with Crippen LogP contribution in [0.15, 0.2) is 11.6 Å². The van der Waals surface area contributed by atoms with Gasteiger partial charge in [-0.05, 0) is 126 Å². The molecule has 0 saturated heterocycles. The van der Waals surface area contributed by atoms with Crippen molar-refractivity contribution in [3.63, 3.8) is 0 Å². The maximum atomic E-state index is 11.4. The van der Waals surface area contributed by atoms with Crippen LogP contribution in [0.4, 0.5) is 0 Å². The summed E-state index contributed by atoms with van der Waals surface area (Å²) in [7, 11) is 1.72. The maximum Gasteiger partial charge on any atom is 0.102 e. The largest absolute Gasteiger partial charge is 0.390 e. The van der Waals surface area contributed by atoms with E-state index in [1.807, 2.05) is 27.7 Å². The van der Waals surface area contributed by atoms with Gasteiger partial charge in [0.2, 0.25) is 0 Å². The number of aliphatic hydroxyl groups is 2. The van der Waals surface area contributed by atoms with Gasteiger partial charge in [0.05, 0.1) is 23.9 Å². The van der Waals surface area contributed by atoms with Gasteiger partial charge in [-0.1, -0.05) is 26.3 Å². The molecule has 4 nitrogen and oxygen atoms in total. The summed E-state index contributed by atoms with van der Waals surface area (Å²) in [4.78, 5) is 0. The van der Waals surface area contributed by atoms with E-state index in [0.29, 0.717) is 17.9 Å². The molecule has 0 radical (unpaired) electrons. The highest BCUT2D eigenvalue weighted by Crippen LogP contribution is 2.66. The van der Waals surface area contributed by atoms with Crippen LogP contribution in [0.3, 0.4) is 0 Å². The molecular weight excluding hydrogens is 424 g/mol. The standard InChI is InChI=1S/C30H52O4/c1-27(2,32)16-8-9-20-10-12-22-21-11-13-24-26(31)25(34-19-28(3,4)33-7)15-18-30(24,6)23(21)14-17-29(20,22)5/h13,20-23,25-26,31-32H,8-12,14-19H2,1-7H3. The molecule has 8 unspecified atom stereocenters. The second-order valence-electron chi connectivity index (χ2n) is 14.0. The Morgan fingerprint density at radius 1 is 1.03 bits per heavy atom. The Hall–Kier alpha value is -0.420. The minimum absolute atomic E-state index is 0.110. The second-order valence-corrected chi connectivity index (χ2v) is 14.0. The molecular formula is C30H52O4. The molecule has 0 bridgehead atoms. The van der Waals surface area contributed by atoms with Crippen molar-refractivity contribution in [2.24, 2.45) is 34.5 Å². The smallest absolute Gasteiger partial charge is 0.102 e. The van der Waals surface area contributed by atoms with Crippen LogP contribution in [0.2, 0.25) is 0 Å². The normalized spacial score (nSPS) is 42.6. The van der Waals surface area contributed by atoms with Crippen molar-refractivity contribution in [2.75, 3.05) is 13.7 Å². The fourth-order valence-corrected chi connectivity index (χ4v) is 8.61. The van der Waals surface area contributed by atoms with Gasteiger partial charge < -0.3 is 19.7 Å². The number of fused-ring (bicyclic) bond motifs is 5. The van der Waals surface area contributed by atoms with Crippen molar-refractivity contribution < 1.29 is 19.7 Å². The zero-order valence-electron chi connectivity index (χ0n) is 23.0. The van der Waals surface area contributed by atoms with Crippen LogP contribution >= 0.6 is 0 Å². The Bertz CT molecular complexity index is 751. The molecule has 8 atom stereocenters. The van der Waals surface area contributed by atoms with Crippen LogP contribution in [0.5, 0.6) is 0 Å². The Morgan fingerprint density at radius 2 is 1.76 bits per heavy atom. The third kappa shape index (κ3) is 4.91. The summed E-state index contributed by atoms with van der Waals surface area (Å²) in [6.07, 6.45) is 13.6. The quantitative estimate of drug-likeness (QED) is 0.404. The summed E-state index contributed by atoms with van der Waals surface area (Å²) in [5.41, 5.74) is 0.959. The molecule has 0 heterocycles. The summed E-state index contributed by atoms with van der Waals surface area (Å²) < 4.78 is 11.7. The van der Waals surface area contributed by atoms with Crippen molar-refractivity contribution in [3.8, 4) is 0 Å². The maximum absolute atomic E-state index is 11.4. The first-order valence-corrected chi connectivity index (χ1v) is 14.1. The van der Waals surface area contributed by atoms with Gasteiger partial charge in [0, 0.05) is 7.11 Å². The van der Waals surface area contributed by atoms with E-state index >= 15 is 0 Å². The minimum atomic E-state index is -0.543. The zero-order chi connectivity index (χ0) is 24.9. The fourth-order valence-electron chi connectivity index (χ4n) is 8.61. The summed E-state index contributed by atoms with van der Waals surface area (Å²) >= 11 is 0. The first kappa shape index (κ1) is 26.6. The second kappa shape index (κ2) is 9.47. The molecule has 4 aliphatic carbocycles. The molecule has 0 aliphatic heterocycles.